The van der Waals surface area contributed by atoms with Gasteiger partial charge < -0.3 is 5.32 Å². The maximum atomic E-state index is 12.1. The highest BCUT2D eigenvalue weighted by atomic mass is 32.2. The number of hydrogen-bond acceptors (Lipinski definition) is 3. The maximum absolute atomic E-state index is 12.1. The summed E-state index contributed by atoms with van der Waals surface area (Å²) in [5.41, 5.74) is 1.22. The van der Waals surface area contributed by atoms with Crippen LogP contribution in [0.25, 0.3) is 0 Å². The van der Waals surface area contributed by atoms with E-state index in [1.807, 2.05) is 18.2 Å². The Kier molecular flexibility index (Phi) is 6.21. The molecule has 0 aliphatic heterocycles. The van der Waals surface area contributed by atoms with E-state index in [0.717, 1.165) is 13.0 Å². The van der Waals surface area contributed by atoms with Crippen molar-refractivity contribution in [1.29, 1.82) is 0 Å². The molecule has 114 valence electrons. The smallest absolute Gasteiger partial charge is 0.155 e. The van der Waals surface area contributed by atoms with E-state index in [4.69, 9.17) is 0 Å². The lowest BCUT2D eigenvalue weighted by Crippen LogP contribution is -2.31. The number of nitrogens with one attached hydrogen (secondary N) is 1. The minimum absolute atomic E-state index is 0.233. The van der Waals surface area contributed by atoms with Crippen LogP contribution in [0, 0.1) is 0 Å². The fourth-order valence-corrected chi connectivity index (χ4v) is 3.26. The molecule has 0 aromatic heterocycles. The van der Waals surface area contributed by atoms with Gasteiger partial charge in [0.2, 0.25) is 0 Å². The van der Waals surface area contributed by atoms with Crippen molar-refractivity contribution in [2.75, 3.05) is 12.3 Å². The molecular weight excluding hydrogens is 270 g/mol. The van der Waals surface area contributed by atoms with Gasteiger partial charge in [-0.25, -0.2) is 8.42 Å². The molecule has 1 unspecified atom stereocenters. The van der Waals surface area contributed by atoms with Crippen LogP contribution in [0.3, 0.4) is 0 Å². The van der Waals surface area contributed by atoms with Gasteiger partial charge in [-0.1, -0.05) is 37.3 Å². The molecule has 3 nitrogen and oxygen atoms in total. The van der Waals surface area contributed by atoms with Crippen LogP contribution < -0.4 is 5.32 Å². The molecule has 0 heterocycles. The highest BCUT2D eigenvalue weighted by Crippen LogP contribution is 2.22. The zero-order chi connectivity index (χ0) is 15.2. The van der Waals surface area contributed by atoms with Gasteiger partial charge in [0.1, 0.15) is 0 Å². The summed E-state index contributed by atoms with van der Waals surface area (Å²) in [6.45, 7) is 8.25. The molecule has 1 rings (SSSR count). The first kappa shape index (κ1) is 17.2. The zero-order valence-corrected chi connectivity index (χ0v) is 13.8. The van der Waals surface area contributed by atoms with E-state index in [1.165, 1.54) is 5.56 Å². The van der Waals surface area contributed by atoms with Crippen LogP contribution in [-0.4, -0.2) is 25.5 Å². The van der Waals surface area contributed by atoms with Crippen molar-refractivity contribution in [3.05, 3.63) is 35.9 Å². The topological polar surface area (TPSA) is 46.2 Å². The van der Waals surface area contributed by atoms with Gasteiger partial charge in [-0.2, -0.15) is 0 Å². The Balaban J connectivity index is 2.62. The van der Waals surface area contributed by atoms with Crippen molar-refractivity contribution < 1.29 is 8.42 Å². The summed E-state index contributed by atoms with van der Waals surface area (Å²) < 4.78 is 23.6. The molecule has 4 heteroatoms. The predicted octanol–water partition coefficient (Wildman–Crippen LogP) is 3.33. The molecule has 0 saturated heterocycles. The van der Waals surface area contributed by atoms with Gasteiger partial charge in [0.15, 0.2) is 9.84 Å². The first-order chi connectivity index (χ1) is 9.28. The number of benzene rings is 1. The second-order valence-electron chi connectivity index (χ2n) is 6.09. The predicted molar refractivity (Wildman–Crippen MR) is 85.6 cm³/mol. The van der Waals surface area contributed by atoms with Crippen LogP contribution in [0.2, 0.25) is 0 Å². The maximum Gasteiger partial charge on any atom is 0.155 e. The summed E-state index contributed by atoms with van der Waals surface area (Å²) in [6, 6.07) is 10.4. The average Bonchev–Trinajstić information content (AvgIpc) is 2.37. The quantitative estimate of drug-likeness (QED) is 0.839. The number of rotatable bonds is 7. The van der Waals surface area contributed by atoms with E-state index in [1.54, 1.807) is 20.8 Å². The van der Waals surface area contributed by atoms with Crippen molar-refractivity contribution in [3.8, 4) is 0 Å². The van der Waals surface area contributed by atoms with Crippen LogP contribution >= 0.6 is 0 Å². The van der Waals surface area contributed by atoms with E-state index in [0.29, 0.717) is 6.42 Å². The third-order valence-electron chi connectivity index (χ3n) is 3.49. The van der Waals surface area contributed by atoms with Gasteiger partial charge in [0.05, 0.1) is 10.5 Å². The minimum atomic E-state index is -3.02. The van der Waals surface area contributed by atoms with Gasteiger partial charge >= 0.3 is 0 Å². The summed E-state index contributed by atoms with van der Waals surface area (Å²) >= 11 is 0. The Morgan fingerprint density at radius 3 is 2.25 bits per heavy atom. The second kappa shape index (κ2) is 7.23. The van der Waals surface area contributed by atoms with Gasteiger partial charge in [-0.3, -0.25) is 0 Å². The van der Waals surface area contributed by atoms with E-state index in [2.05, 4.69) is 24.4 Å². The molecule has 1 N–H and O–H groups in total. The summed E-state index contributed by atoms with van der Waals surface area (Å²) in [4.78, 5) is 0. The lowest BCUT2D eigenvalue weighted by atomic mass is 10.0. The van der Waals surface area contributed by atoms with Crippen LogP contribution in [0.15, 0.2) is 30.3 Å². The van der Waals surface area contributed by atoms with Gasteiger partial charge in [0, 0.05) is 6.04 Å². The first-order valence-corrected chi connectivity index (χ1v) is 8.94. The monoisotopic (exact) mass is 297 g/mol. The van der Waals surface area contributed by atoms with Crippen molar-refractivity contribution in [3.63, 3.8) is 0 Å². The Hall–Kier alpha value is -0.870. The molecule has 0 saturated carbocycles. The van der Waals surface area contributed by atoms with Crippen molar-refractivity contribution >= 4 is 9.84 Å². The molecule has 0 bridgehead atoms. The Morgan fingerprint density at radius 2 is 1.75 bits per heavy atom. The molecule has 1 aromatic carbocycles. The van der Waals surface area contributed by atoms with Crippen molar-refractivity contribution in [1.82, 2.24) is 5.32 Å². The molecule has 1 atom stereocenters. The summed E-state index contributed by atoms with van der Waals surface area (Å²) in [5.74, 6) is 0.255. The van der Waals surface area contributed by atoms with E-state index >= 15 is 0 Å². The molecule has 0 radical (unpaired) electrons. The van der Waals surface area contributed by atoms with Crippen molar-refractivity contribution in [2.45, 2.75) is 51.3 Å². The van der Waals surface area contributed by atoms with Crippen LogP contribution in [-0.2, 0) is 9.84 Å². The van der Waals surface area contributed by atoms with E-state index in [-0.39, 0.29) is 11.8 Å². The minimum Gasteiger partial charge on any atom is -0.310 e. The fraction of sp³-hybridized carbons (Fsp3) is 0.625. The molecule has 20 heavy (non-hydrogen) atoms. The summed E-state index contributed by atoms with van der Waals surface area (Å²) in [7, 11) is -3.02. The Bertz CT molecular complexity index is 489. The van der Waals surface area contributed by atoms with E-state index in [9.17, 15) is 8.42 Å². The SMILES string of the molecule is CCNC(CCCS(=O)(=O)C(C)(C)C)c1ccccc1. The van der Waals surface area contributed by atoms with Crippen LogP contribution in [0.4, 0.5) is 0 Å². The highest BCUT2D eigenvalue weighted by molar-refractivity contribution is 7.92. The first-order valence-electron chi connectivity index (χ1n) is 7.28. The Morgan fingerprint density at radius 1 is 1.15 bits per heavy atom. The third-order valence-corrected chi connectivity index (χ3v) is 6.18. The fourth-order valence-electron chi connectivity index (χ4n) is 2.10. The Labute approximate surface area is 123 Å². The molecule has 0 amide bonds. The largest absolute Gasteiger partial charge is 0.310 e. The zero-order valence-electron chi connectivity index (χ0n) is 13.0. The lowest BCUT2D eigenvalue weighted by Gasteiger charge is -2.21. The molecule has 0 aliphatic rings. The van der Waals surface area contributed by atoms with Crippen LogP contribution in [0.5, 0.6) is 0 Å². The summed E-state index contributed by atoms with van der Waals surface area (Å²) in [6.07, 6.45) is 1.53. The van der Waals surface area contributed by atoms with E-state index < -0.39 is 14.6 Å². The molecule has 0 fully saturated rings. The molecule has 1 aromatic rings. The van der Waals surface area contributed by atoms with Crippen LogP contribution in [0.1, 0.15) is 52.1 Å². The van der Waals surface area contributed by atoms with Crippen molar-refractivity contribution in [2.24, 2.45) is 0 Å². The second-order valence-corrected chi connectivity index (χ2v) is 8.96. The van der Waals surface area contributed by atoms with Gasteiger partial charge in [0.25, 0.3) is 0 Å². The third kappa shape index (κ3) is 4.91. The lowest BCUT2D eigenvalue weighted by molar-refractivity contribution is 0.502. The van der Waals surface area contributed by atoms with Gasteiger partial charge in [-0.05, 0) is 45.7 Å². The normalized spacial score (nSPS) is 14.2. The summed E-state index contributed by atoms with van der Waals surface area (Å²) in [5, 5.41) is 3.43. The average molecular weight is 297 g/mol. The standard InChI is InChI=1S/C16H27NO2S/c1-5-17-15(14-10-7-6-8-11-14)12-9-13-20(18,19)16(2,3)4/h6-8,10-11,15,17H,5,9,12-13H2,1-4H3. The molecule has 0 aliphatic carbocycles. The number of hydrogen-bond donors (Lipinski definition) is 1. The van der Waals surface area contributed by atoms with Gasteiger partial charge in [-0.15, -0.1) is 0 Å². The number of sulfone groups is 1. The molecule has 0 spiro atoms. The highest BCUT2D eigenvalue weighted by Gasteiger charge is 2.28. The molecular formula is C16H27NO2S.